The Bertz CT molecular complexity index is 628. The van der Waals surface area contributed by atoms with Crippen LogP contribution in [0.15, 0.2) is 47.1 Å². The van der Waals surface area contributed by atoms with E-state index in [2.05, 4.69) is 72.0 Å². The van der Waals surface area contributed by atoms with Crippen molar-refractivity contribution in [3.05, 3.63) is 52.6 Å². The van der Waals surface area contributed by atoms with Crippen LogP contribution in [-0.4, -0.2) is 4.98 Å². The summed E-state index contributed by atoms with van der Waals surface area (Å²) in [4.78, 5) is 4.56. The quantitative estimate of drug-likeness (QED) is 0.393. The first-order valence-electron chi connectivity index (χ1n) is 9.87. The molecule has 1 aromatic heterocycles. The predicted octanol–water partition coefficient (Wildman–Crippen LogP) is 7.93. The average molecular weight is 402 g/mol. The van der Waals surface area contributed by atoms with Gasteiger partial charge < -0.3 is 0 Å². The van der Waals surface area contributed by atoms with Crippen LogP contribution in [0, 0.1) is 0 Å². The highest BCUT2D eigenvalue weighted by atomic mass is 79.9. The number of rotatable bonds is 10. The smallest absolute Gasteiger partial charge is 0.0702 e. The molecule has 2 aromatic rings. The molecule has 0 fully saturated rings. The van der Waals surface area contributed by atoms with Gasteiger partial charge in [0.25, 0.3) is 0 Å². The number of nitrogens with zero attached hydrogens (tertiary/aromatic N) is 1. The summed E-state index contributed by atoms with van der Waals surface area (Å²) < 4.78 is 1.17. The van der Waals surface area contributed by atoms with E-state index in [-0.39, 0.29) is 0 Å². The molecule has 0 bridgehead atoms. The summed E-state index contributed by atoms with van der Waals surface area (Å²) in [6.45, 7) is 6.93. The van der Waals surface area contributed by atoms with Crippen molar-refractivity contribution in [1.29, 1.82) is 0 Å². The van der Waals surface area contributed by atoms with Gasteiger partial charge >= 0.3 is 0 Å². The van der Waals surface area contributed by atoms with Crippen molar-refractivity contribution in [3.63, 3.8) is 0 Å². The number of hydrogen-bond donors (Lipinski definition) is 0. The van der Waals surface area contributed by atoms with E-state index in [1.807, 2.05) is 12.3 Å². The molecule has 1 aromatic carbocycles. The Kier molecular flexibility index (Phi) is 8.15. The lowest BCUT2D eigenvalue weighted by atomic mass is 9.69. The topological polar surface area (TPSA) is 12.9 Å². The third-order valence-corrected chi connectivity index (χ3v) is 5.67. The number of unbranched alkanes of at least 4 members (excludes halogenated alkanes) is 2. The van der Waals surface area contributed by atoms with Crippen LogP contribution in [0.5, 0.6) is 0 Å². The summed E-state index contributed by atoms with van der Waals surface area (Å²) in [5.41, 5.74) is 4.07. The van der Waals surface area contributed by atoms with Crippen LogP contribution in [-0.2, 0) is 5.41 Å². The van der Waals surface area contributed by atoms with Gasteiger partial charge in [-0.2, -0.15) is 0 Å². The molecule has 0 saturated heterocycles. The van der Waals surface area contributed by atoms with Crippen molar-refractivity contribution in [2.24, 2.45) is 0 Å². The van der Waals surface area contributed by atoms with E-state index in [0.717, 1.165) is 5.69 Å². The Morgan fingerprint density at radius 2 is 1.60 bits per heavy atom. The maximum atomic E-state index is 4.56. The zero-order valence-corrected chi connectivity index (χ0v) is 17.6. The van der Waals surface area contributed by atoms with E-state index >= 15 is 0 Å². The van der Waals surface area contributed by atoms with E-state index in [4.69, 9.17) is 0 Å². The van der Waals surface area contributed by atoms with Crippen molar-refractivity contribution < 1.29 is 0 Å². The monoisotopic (exact) mass is 401 g/mol. The molecule has 0 spiro atoms. The molecular weight excluding hydrogens is 370 g/mol. The molecule has 0 N–H and O–H groups in total. The molecule has 0 amide bonds. The zero-order valence-electron chi connectivity index (χ0n) is 16.0. The first kappa shape index (κ1) is 20.2. The number of pyridine rings is 1. The van der Waals surface area contributed by atoms with Gasteiger partial charge in [0, 0.05) is 16.2 Å². The fraction of sp³-hybridized carbons (Fsp3) is 0.522. The zero-order chi connectivity index (χ0) is 18.1. The second-order valence-corrected chi connectivity index (χ2v) is 8.10. The van der Waals surface area contributed by atoms with E-state index < -0.39 is 0 Å². The van der Waals surface area contributed by atoms with Gasteiger partial charge in [0.1, 0.15) is 0 Å². The molecule has 0 atom stereocenters. The van der Waals surface area contributed by atoms with E-state index in [1.165, 1.54) is 67.0 Å². The van der Waals surface area contributed by atoms with Gasteiger partial charge in [-0.3, -0.25) is 4.98 Å². The van der Waals surface area contributed by atoms with Crippen LogP contribution in [0.25, 0.3) is 11.3 Å². The second kappa shape index (κ2) is 10.1. The summed E-state index contributed by atoms with van der Waals surface area (Å²) in [6.07, 6.45) is 12.1. The van der Waals surface area contributed by atoms with E-state index in [1.54, 1.807) is 0 Å². The van der Waals surface area contributed by atoms with Crippen LogP contribution < -0.4 is 0 Å². The number of halogens is 1. The van der Waals surface area contributed by atoms with Gasteiger partial charge in [0.2, 0.25) is 0 Å². The lowest BCUT2D eigenvalue weighted by Crippen LogP contribution is -2.26. The van der Waals surface area contributed by atoms with Gasteiger partial charge in [0.05, 0.1) is 5.69 Å². The van der Waals surface area contributed by atoms with Crippen LogP contribution in [0.3, 0.4) is 0 Å². The molecule has 2 heteroatoms. The molecule has 136 valence electrons. The minimum absolute atomic E-state index is 0.300. The van der Waals surface area contributed by atoms with E-state index in [9.17, 15) is 0 Å². The summed E-state index contributed by atoms with van der Waals surface area (Å²) in [7, 11) is 0. The predicted molar refractivity (Wildman–Crippen MR) is 113 cm³/mol. The van der Waals surface area contributed by atoms with Crippen molar-refractivity contribution in [2.45, 2.75) is 77.6 Å². The molecule has 0 aliphatic carbocycles. The Morgan fingerprint density at radius 1 is 0.880 bits per heavy atom. The van der Waals surface area contributed by atoms with Gasteiger partial charge in [0.15, 0.2) is 0 Å². The Hall–Kier alpha value is -1.15. The Morgan fingerprint density at radius 3 is 2.16 bits per heavy atom. The molecule has 0 unspecified atom stereocenters. The molecule has 25 heavy (non-hydrogen) atoms. The maximum Gasteiger partial charge on any atom is 0.0702 e. The second-order valence-electron chi connectivity index (χ2n) is 7.18. The number of aromatic nitrogens is 1. The summed E-state index contributed by atoms with van der Waals surface area (Å²) in [6, 6.07) is 13.1. The molecule has 0 aliphatic heterocycles. The highest BCUT2D eigenvalue weighted by Crippen LogP contribution is 2.42. The van der Waals surface area contributed by atoms with Crippen molar-refractivity contribution in [1.82, 2.24) is 4.98 Å². The van der Waals surface area contributed by atoms with Crippen LogP contribution in [0.2, 0.25) is 0 Å². The number of hydrogen-bond acceptors (Lipinski definition) is 1. The number of benzene rings is 1. The third kappa shape index (κ3) is 5.41. The third-order valence-electron chi connectivity index (χ3n) is 5.22. The Balaban J connectivity index is 2.49. The molecule has 0 aliphatic rings. The largest absolute Gasteiger partial charge is 0.256 e. The first-order chi connectivity index (χ1) is 12.1. The molecular formula is C23H32BrN. The van der Waals surface area contributed by atoms with Gasteiger partial charge in [-0.05, 0) is 60.6 Å². The SMILES string of the molecule is CCCCC(CCC)(CCCC)c1cc(Br)cc(-c2ccccn2)c1. The minimum Gasteiger partial charge on any atom is -0.256 e. The van der Waals surface area contributed by atoms with Gasteiger partial charge in [-0.25, -0.2) is 0 Å². The summed E-state index contributed by atoms with van der Waals surface area (Å²) in [5.74, 6) is 0. The fourth-order valence-corrected chi connectivity index (χ4v) is 4.39. The average Bonchev–Trinajstić information content (AvgIpc) is 2.64. The highest BCUT2D eigenvalue weighted by molar-refractivity contribution is 9.10. The summed E-state index contributed by atoms with van der Waals surface area (Å²) in [5, 5.41) is 0. The van der Waals surface area contributed by atoms with Crippen molar-refractivity contribution >= 4 is 15.9 Å². The lowest BCUT2D eigenvalue weighted by molar-refractivity contribution is 0.315. The normalized spacial score (nSPS) is 11.7. The van der Waals surface area contributed by atoms with Crippen LogP contribution in [0.1, 0.15) is 77.7 Å². The molecule has 1 nitrogen and oxygen atoms in total. The first-order valence-corrected chi connectivity index (χ1v) is 10.7. The molecule has 0 radical (unpaired) electrons. The molecule has 0 saturated carbocycles. The van der Waals surface area contributed by atoms with Crippen molar-refractivity contribution in [3.8, 4) is 11.3 Å². The summed E-state index contributed by atoms with van der Waals surface area (Å²) >= 11 is 3.76. The fourth-order valence-electron chi connectivity index (χ4n) is 3.89. The standard InChI is InChI=1S/C23H32BrN/c1-4-7-13-23(12-6-3,14-8-5-2)20-16-19(17-21(24)18-20)22-11-9-10-15-25-22/h9-11,15-18H,4-8,12-14H2,1-3H3. The Labute approximate surface area is 162 Å². The van der Waals surface area contributed by atoms with Crippen LogP contribution in [0.4, 0.5) is 0 Å². The maximum absolute atomic E-state index is 4.56. The van der Waals surface area contributed by atoms with Gasteiger partial charge in [-0.15, -0.1) is 0 Å². The molecule has 1 heterocycles. The van der Waals surface area contributed by atoms with E-state index in [0.29, 0.717) is 5.41 Å². The van der Waals surface area contributed by atoms with Crippen molar-refractivity contribution in [2.75, 3.05) is 0 Å². The van der Waals surface area contributed by atoms with Gasteiger partial charge in [-0.1, -0.05) is 74.9 Å². The molecule has 2 rings (SSSR count). The van der Waals surface area contributed by atoms with Crippen LogP contribution >= 0.6 is 15.9 Å². The minimum atomic E-state index is 0.300. The lowest BCUT2D eigenvalue weighted by Gasteiger charge is -2.35. The highest BCUT2D eigenvalue weighted by Gasteiger charge is 2.30.